The highest BCUT2D eigenvalue weighted by molar-refractivity contribution is 6.03. The Morgan fingerprint density at radius 3 is 2.30 bits per heavy atom. The van der Waals surface area contributed by atoms with Crippen molar-refractivity contribution in [1.29, 1.82) is 0 Å². The number of carbonyl (C=O) groups is 2. The lowest BCUT2D eigenvalue weighted by Gasteiger charge is -2.26. The minimum Gasteiger partial charge on any atom is -0.348 e. The van der Waals surface area contributed by atoms with Crippen LogP contribution in [0.25, 0.3) is 0 Å². The Balaban J connectivity index is 1.54. The molecular weight excluding hydrogens is 376 g/mol. The number of hydrogen-bond donors (Lipinski definition) is 3. The van der Waals surface area contributed by atoms with Crippen molar-refractivity contribution in [3.8, 4) is 0 Å². The van der Waals surface area contributed by atoms with E-state index in [9.17, 15) is 9.59 Å². The van der Waals surface area contributed by atoms with E-state index in [-0.39, 0.29) is 18.0 Å². The molecule has 0 atom stereocenters. The van der Waals surface area contributed by atoms with Crippen LogP contribution in [0.3, 0.4) is 0 Å². The van der Waals surface area contributed by atoms with Crippen LogP contribution >= 0.6 is 0 Å². The first-order valence-electron chi connectivity index (χ1n) is 10.8. The molecule has 1 aliphatic rings. The first kappa shape index (κ1) is 21.8. The number of anilines is 1. The highest BCUT2D eigenvalue weighted by Crippen LogP contribution is 2.16. The fourth-order valence-electron chi connectivity index (χ4n) is 3.63. The molecule has 30 heavy (non-hydrogen) atoms. The van der Waals surface area contributed by atoms with Crippen molar-refractivity contribution in [1.82, 2.24) is 15.5 Å². The largest absolute Gasteiger partial charge is 0.348 e. The van der Waals surface area contributed by atoms with Crippen molar-refractivity contribution >= 4 is 17.6 Å². The van der Waals surface area contributed by atoms with E-state index < -0.39 is 0 Å². The lowest BCUT2D eigenvalue weighted by molar-refractivity contribution is 0.0952. The zero-order valence-electron chi connectivity index (χ0n) is 17.9. The van der Waals surface area contributed by atoms with E-state index in [1.54, 1.807) is 24.3 Å². The van der Waals surface area contributed by atoms with Gasteiger partial charge in [0.2, 0.25) is 0 Å². The topological polar surface area (TPSA) is 73.5 Å². The summed E-state index contributed by atoms with van der Waals surface area (Å²) in [5.41, 5.74) is 3.29. The molecule has 3 amide bonds. The molecule has 2 aromatic rings. The number of likely N-dealkylation sites (tertiary alicyclic amines) is 1. The summed E-state index contributed by atoms with van der Waals surface area (Å²) in [6.07, 6.45) is 3.93. The van der Waals surface area contributed by atoms with E-state index in [0.717, 1.165) is 12.1 Å². The Morgan fingerprint density at radius 2 is 1.60 bits per heavy atom. The van der Waals surface area contributed by atoms with Gasteiger partial charge in [-0.3, -0.25) is 9.69 Å². The van der Waals surface area contributed by atoms with Gasteiger partial charge in [0.05, 0.1) is 11.3 Å². The molecule has 1 heterocycles. The lowest BCUT2D eigenvalue weighted by atomic mass is 10.1. The summed E-state index contributed by atoms with van der Waals surface area (Å²) in [5.74, 6) is -0.215. The number of amides is 3. The van der Waals surface area contributed by atoms with Gasteiger partial charge in [-0.15, -0.1) is 0 Å². The van der Waals surface area contributed by atoms with Crippen LogP contribution in [0.2, 0.25) is 0 Å². The summed E-state index contributed by atoms with van der Waals surface area (Å²) in [5, 5.41) is 8.47. The molecule has 0 bridgehead atoms. The van der Waals surface area contributed by atoms with Gasteiger partial charge >= 0.3 is 6.03 Å². The summed E-state index contributed by atoms with van der Waals surface area (Å²) in [7, 11) is 0. The van der Waals surface area contributed by atoms with E-state index in [0.29, 0.717) is 17.8 Å². The molecule has 6 nitrogen and oxygen atoms in total. The number of rotatable bonds is 7. The van der Waals surface area contributed by atoms with E-state index in [2.05, 4.69) is 45.1 Å². The van der Waals surface area contributed by atoms with Crippen LogP contribution < -0.4 is 16.0 Å². The number of benzene rings is 2. The zero-order valence-corrected chi connectivity index (χ0v) is 17.9. The van der Waals surface area contributed by atoms with Crippen LogP contribution in [0, 0.1) is 0 Å². The summed E-state index contributed by atoms with van der Waals surface area (Å²) in [4.78, 5) is 27.2. The smallest absolute Gasteiger partial charge is 0.319 e. The van der Waals surface area contributed by atoms with Gasteiger partial charge in [0, 0.05) is 19.1 Å². The fraction of sp³-hybridized carbons (Fsp3) is 0.417. The highest BCUT2D eigenvalue weighted by Gasteiger charge is 2.14. The van der Waals surface area contributed by atoms with E-state index in [1.807, 2.05) is 13.8 Å². The molecule has 1 aliphatic heterocycles. The second-order valence-corrected chi connectivity index (χ2v) is 8.13. The Labute approximate surface area is 179 Å². The maximum Gasteiger partial charge on any atom is 0.319 e. The zero-order chi connectivity index (χ0) is 21.3. The van der Waals surface area contributed by atoms with Gasteiger partial charge < -0.3 is 16.0 Å². The summed E-state index contributed by atoms with van der Waals surface area (Å²) >= 11 is 0. The third-order valence-corrected chi connectivity index (χ3v) is 5.17. The first-order valence-corrected chi connectivity index (χ1v) is 10.8. The fourth-order valence-corrected chi connectivity index (χ4v) is 3.63. The van der Waals surface area contributed by atoms with Crippen molar-refractivity contribution in [2.45, 2.75) is 52.2 Å². The number of piperidine rings is 1. The number of urea groups is 1. The van der Waals surface area contributed by atoms with Gasteiger partial charge in [-0.2, -0.15) is 0 Å². The average molecular weight is 409 g/mol. The number of hydrogen-bond acceptors (Lipinski definition) is 3. The van der Waals surface area contributed by atoms with Gasteiger partial charge in [0.15, 0.2) is 0 Å². The van der Waals surface area contributed by atoms with E-state index in [1.165, 1.54) is 37.9 Å². The van der Waals surface area contributed by atoms with Gasteiger partial charge in [-0.1, -0.05) is 42.8 Å². The molecule has 6 heteroatoms. The minimum absolute atomic E-state index is 0.0175. The van der Waals surface area contributed by atoms with Crippen LogP contribution in [-0.2, 0) is 13.1 Å². The first-order chi connectivity index (χ1) is 14.5. The number of nitrogens with zero attached hydrogens (tertiary/aromatic N) is 1. The molecule has 160 valence electrons. The standard InChI is InChI=1S/C24H32N4O2/c1-18(2)26-24(30)27-22-9-5-4-8-21(22)23(29)25-16-19-10-12-20(13-11-19)17-28-14-6-3-7-15-28/h4-5,8-13,18H,3,6-7,14-17H2,1-2H3,(H,25,29)(H2,26,27,30). The summed E-state index contributed by atoms with van der Waals surface area (Å²) < 4.78 is 0. The van der Waals surface area contributed by atoms with Crippen LogP contribution in [0.15, 0.2) is 48.5 Å². The number of nitrogens with one attached hydrogen (secondary N) is 3. The molecule has 3 N–H and O–H groups in total. The molecule has 1 saturated heterocycles. The quantitative estimate of drug-likeness (QED) is 0.645. The summed E-state index contributed by atoms with van der Waals surface area (Å²) in [6, 6.07) is 15.1. The van der Waals surface area contributed by atoms with Gasteiger partial charge in [-0.25, -0.2) is 4.79 Å². The summed E-state index contributed by atoms with van der Waals surface area (Å²) in [6.45, 7) is 7.56. The molecule has 0 aromatic heterocycles. The molecule has 0 spiro atoms. The Morgan fingerprint density at radius 1 is 0.933 bits per heavy atom. The van der Waals surface area contributed by atoms with Crippen LogP contribution in [0.1, 0.15) is 54.6 Å². The molecule has 3 rings (SSSR count). The predicted molar refractivity (Wildman–Crippen MR) is 120 cm³/mol. The van der Waals surface area contributed by atoms with E-state index in [4.69, 9.17) is 0 Å². The molecular formula is C24H32N4O2. The second-order valence-electron chi connectivity index (χ2n) is 8.13. The molecule has 0 saturated carbocycles. The molecule has 2 aromatic carbocycles. The molecule has 1 fully saturated rings. The minimum atomic E-state index is -0.324. The third kappa shape index (κ3) is 6.59. The Bertz CT molecular complexity index is 843. The van der Waals surface area contributed by atoms with Crippen LogP contribution in [0.5, 0.6) is 0 Å². The van der Waals surface area contributed by atoms with E-state index >= 15 is 0 Å². The number of carbonyl (C=O) groups excluding carboxylic acids is 2. The van der Waals surface area contributed by atoms with Gasteiger partial charge in [0.25, 0.3) is 5.91 Å². The third-order valence-electron chi connectivity index (χ3n) is 5.17. The van der Waals surface area contributed by atoms with Gasteiger partial charge in [0.1, 0.15) is 0 Å². The molecule has 0 radical (unpaired) electrons. The van der Waals surface area contributed by atoms with Crippen molar-refractivity contribution in [3.05, 3.63) is 65.2 Å². The molecule has 0 unspecified atom stereocenters. The maximum absolute atomic E-state index is 12.7. The lowest BCUT2D eigenvalue weighted by Crippen LogP contribution is -2.35. The van der Waals surface area contributed by atoms with Crippen molar-refractivity contribution in [2.24, 2.45) is 0 Å². The molecule has 0 aliphatic carbocycles. The predicted octanol–water partition coefficient (Wildman–Crippen LogP) is 4.13. The average Bonchev–Trinajstić information content (AvgIpc) is 2.73. The van der Waals surface area contributed by atoms with Crippen molar-refractivity contribution < 1.29 is 9.59 Å². The second kappa shape index (κ2) is 10.8. The van der Waals surface area contributed by atoms with Gasteiger partial charge in [-0.05, 0) is 63.0 Å². The maximum atomic E-state index is 12.7. The normalized spacial score (nSPS) is 14.4. The number of para-hydroxylation sites is 1. The SMILES string of the molecule is CC(C)NC(=O)Nc1ccccc1C(=O)NCc1ccc(CN2CCCCC2)cc1. The van der Waals surface area contributed by atoms with Crippen molar-refractivity contribution in [2.75, 3.05) is 18.4 Å². The monoisotopic (exact) mass is 408 g/mol. The Kier molecular flexibility index (Phi) is 7.85. The Hall–Kier alpha value is -2.86. The highest BCUT2D eigenvalue weighted by atomic mass is 16.2. The van der Waals surface area contributed by atoms with Crippen LogP contribution in [0.4, 0.5) is 10.5 Å². The van der Waals surface area contributed by atoms with Crippen molar-refractivity contribution in [3.63, 3.8) is 0 Å². The van der Waals surface area contributed by atoms with Crippen LogP contribution in [-0.4, -0.2) is 36.0 Å².